The Balaban J connectivity index is 1.24. The lowest BCUT2D eigenvalue weighted by Crippen LogP contribution is -2.58. The molecule has 13 nitrogen and oxygen atoms in total. The summed E-state index contributed by atoms with van der Waals surface area (Å²) in [5, 5.41) is 8.59. The number of nitrogens with zero attached hydrogens (tertiary/aromatic N) is 3. The van der Waals surface area contributed by atoms with E-state index in [2.05, 4.69) is 20.3 Å². The predicted molar refractivity (Wildman–Crippen MR) is 189 cm³/mol. The molecule has 0 bridgehead atoms. The van der Waals surface area contributed by atoms with Crippen LogP contribution in [0.5, 0.6) is 0 Å². The number of ether oxygens (including phenoxy) is 1. The number of likely N-dealkylation sites (tertiary alicyclic amines) is 1. The molecule has 0 spiro atoms. The number of hydrogen-bond acceptors (Lipinski definition) is 10. The quantitative estimate of drug-likeness (QED) is 0.305. The van der Waals surface area contributed by atoms with Crippen molar-refractivity contribution < 1.29 is 32.3 Å². The second-order valence-electron chi connectivity index (χ2n) is 14.9. The fourth-order valence-corrected chi connectivity index (χ4v) is 9.31. The van der Waals surface area contributed by atoms with Crippen LogP contribution >= 0.6 is 22.9 Å². The molecule has 1 saturated heterocycles. The molecular weight excluding hydrogens is 704 g/mol. The minimum Gasteiger partial charge on any atom is -0.444 e. The van der Waals surface area contributed by atoms with E-state index in [0.29, 0.717) is 36.0 Å². The monoisotopic (exact) mass is 748 g/mol. The molecule has 2 aliphatic carbocycles. The van der Waals surface area contributed by atoms with Gasteiger partial charge in [0.1, 0.15) is 23.7 Å². The maximum Gasteiger partial charge on any atom is 0.410 e. The van der Waals surface area contributed by atoms with Crippen molar-refractivity contribution in [3.8, 4) is 0 Å². The van der Waals surface area contributed by atoms with Crippen LogP contribution < -0.4 is 15.4 Å². The summed E-state index contributed by atoms with van der Waals surface area (Å²) in [5.41, 5.74) is 0.617. The highest BCUT2D eigenvalue weighted by atomic mass is 35.5. The van der Waals surface area contributed by atoms with Crippen molar-refractivity contribution in [2.75, 3.05) is 11.9 Å². The van der Waals surface area contributed by atoms with Crippen molar-refractivity contribution >= 4 is 61.9 Å². The molecular formula is C34H45ClN6O7S2. The third-order valence-corrected chi connectivity index (χ3v) is 13.1. The molecule has 3 fully saturated rings. The van der Waals surface area contributed by atoms with Gasteiger partial charge in [-0.3, -0.25) is 24.0 Å². The number of carbonyl (C=O) groups is 4. The first-order chi connectivity index (χ1) is 23.6. The average molecular weight is 749 g/mol. The highest BCUT2D eigenvalue weighted by molar-refractivity contribution is 7.91. The Bertz CT molecular complexity index is 1790. The van der Waals surface area contributed by atoms with Gasteiger partial charge in [0.15, 0.2) is 5.13 Å². The summed E-state index contributed by atoms with van der Waals surface area (Å²) in [4.78, 5) is 63.1. The normalized spacial score (nSPS) is 25.1. The minimum absolute atomic E-state index is 0.00613. The lowest BCUT2D eigenvalue weighted by atomic mass is 9.85. The number of nitrogens with one attached hydrogen (secondary N) is 3. The van der Waals surface area contributed by atoms with E-state index in [4.69, 9.17) is 16.3 Å². The number of anilines is 1. The first-order valence-electron chi connectivity index (χ1n) is 17.2. The average Bonchev–Trinajstić information content (AvgIpc) is 3.86. The summed E-state index contributed by atoms with van der Waals surface area (Å²) < 4.78 is 33.5. The van der Waals surface area contributed by atoms with E-state index in [-0.39, 0.29) is 37.8 Å². The number of hydrogen-bond donors (Lipinski definition) is 3. The van der Waals surface area contributed by atoms with Crippen LogP contribution in [0.1, 0.15) is 83.5 Å². The van der Waals surface area contributed by atoms with E-state index in [9.17, 15) is 27.6 Å². The lowest BCUT2D eigenvalue weighted by molar-refractivity contribution is -0.141. The fourth-order valence-electron chi connectivity index (χ4n) is 6.87. The fraction of sp³-hybridized carbons (Fsp3) is 0.618. The van der Waals surface area contributed by atoms with E-state index < -0.39 is 62.3 Å². The second-order valence-corrected chi connectivity index (χ2v) is 18.1. The van der Waals surface area contributed by atoms with Crippen molar-refractivity contribution in [3.05, 3.63) is 45.4 Å². The summed E-state index contributed by atoms with van der Waals surface area (Å²) in [5.74, 6) is -2.03. The van der Waals surface area contributed by atoms with Gasteiger partial charge in [0.25, 0.3) is 5.91 Å². The molecule has 0 unspecified atom stereocenters. The number of rotatable bonds is 11. The molecule has 16 heteroatoms. The zero-order chi connectivity index (χ0) is 36.2. The van der Waals surface area contributed by atoms with Crippen LogP contribution in [0.2, 0.25) is 5.02 Å². The third-order valence-electron chi connectivity index (χ3n) is 10.1. The van der Waals surface area contributed by atoms with Crippen molar-refractivity contribution in [1.29, 1.82) is 0 Å². The molecule has 4 amide bonds. The van der Waals surface area contributed by atoms with Crippen LogP contribution in [0.15, 0.2) is 23.6 Å². The van der Waals surface area contributed by atoms with E-state index in [1.54, 1.807) is 6.07 Å². The van der Waals surface area contributed by atoms with E-state index in [0.717, 1.165) is 23.2 Å². The van der Waals surface area contributed by atoms with E-state index >= 15 is 0 Å². The van der Waals surface area contributed by atoms with Crippen molar-refractivity contribution in [2.45, 2.75) is 115 Å². The van der Waals surface area contributed by atoms with Gasteiger partial charge < -0.3 is 20.3 Å². The molecule has 5 atom stereocenters. The first-order valence-corrected chi connectivity index (χ1v) is 20.0. The zero-order valence-corrected chi connectivity index (χ0v) is 31.3. The molecule has 2 aliphatic heterocycles. The molecule has 3 N–H and O–H groups in total. The van der Waals surface area contributed by atoms with Crippen molar-refractivity contribution in [2.24, 2.45) is 11.3 Å². The van der Waals surface area contributed by atoms with Crippen LogP contribution in [0.4, 0.5) is 9.93 Å². The van der Waals surface area contributed by atoms with E-state index in [1.807, 2.05) is 52.1 Å². The van der Waals surface area contributed by atoms with Gasteiger partial charge in [0, 0.05) is 23.4 Å². The number of amides is 4. The Labute approximate surface area is 301 Å². The van der Waals surface area contributed by atoms with Gasteiger partial charge in [-0.1, -0.05) is 64.8 Å². The number of carbonyl (C=O) groups excluding carboxylic acids is 4. The Morgan fingerprint density at radius 1 is 1.16 bits per heavy atom. The van der Waals surface area contributed by atoms with Crippen LogP contribution in [-0.4, -0.2) is 82.5 Å². The number of fused-ring (bicyclic) bond motifs is 1. The van der Waals surface area contributed by atoms with Crippen LogP contribution in [0.3, 0.4) is 0 Å². The van der Waals surface area contributed by atoms with Crippen molar-refractivity contribution in [1.82, 2.24) is 24.8 Å². The van der Waals surface area contributed by atoms with Gasteiger partial charge in [0.05, 0.1) is 24.0 Å². The van der Waals surface area contributed by atoms with E-state index in [1.165, 1.54) is 21.1 Å². The van der Waals surface area contributed by atoms with Gasteiger partial charge >= 0.3 is 6.09 Å². The molecule has 1 aromatic carbocycles. The number of aromatic nitrogens is 1. The molecule has 6 rings (SSSR count). The summed E-state index contributed by atoms with van der Waals surface area (Å²) in [6, 6.07) is 3.60. The van der Waals surface area contributed by atoms with Gasteiger partial charge in [-0.05, 0) is 54.2 Å². The SMILES string of the molecule is CCc1csc(N[C@H](C(=O)N2C[C@H](OC(=O)N3Cc4cccc(Cl)c4C3)C[C@H]2C(=O)N[C@]2(C(=O)NS(=O)(=O)C3CC3)C[C@H]2CC)C(C)(C)C)n1. The van der Waals surface area contributed by atoms with Gasteiger partial charge in [-0.2, -0.15) is 0 Å². The Morgan fingerprint density at radius 2 is 1.90 bits per heavy atom. The van der Waals surface area contributed by atoms with Crippen molar-refractivity contribution in [3.63, 3.8) is 0 Å². The maximum atomic E-state index is 14.5. The number of thiazole rings is 1. The standard InChI is InChI=1S/C34H45ClN6O7S2/c1-6-20-14-34(20,30(44)39-50(46,47)23-11-12-23)38-28(42)26-13-22(48-32(45)40-15-19-9-8-10-25(35)24(19)17-40)16-41(26)29(43)27(33(3,4)5)37-31-36-21(7-2)18-49-31/h8-10,18,20,22-23,26-27H,6-7,11-17H2,1-5H3,(H,36,37)(H,38,42)(H,39,44)/t20-,22-,26+,27-,34-/m1/s1. The molecule has 2 aromatic rings. The molecule has 0 radical (unpaired) electrons. The topological polar surface area (TPSA) is 167 Å². The van der Waals surface area contributed by atoms with Crippen LogP contribution in [0, 0.1) is 11.3 Å². The summed E-state index contributed by atoms with van der Waals surface area (Å²) in [6.07, 6.45) is 1.09. The molecule has 272 valence electrons. The molecule has 2 saturated carbocycles. The summed E-state index contributed by atoms with van der Waals surface area (Å²) >= 11 is 7.75. The number of halogens is 1. The zero-order valence-electron chi connectivity index (χ0n) is 29.0. The largest absolute Gasteiger partial charge is 0.444 e. The second kappa shape index (κ2) is 13.6. The lowest BCUT2D eigenvalue weighted by Gasteiger charge is -2.35. The van der Waals surface area contributed by atoms with Gasteiger partial charge in [-0.25, -0.2) is 18.2 Å². The van der Waals surface area contributed by atoms with Crippen LogP contribution in [-0.2, 0) is 48.7 Å². The molecule has 50 heavy (non-hydrogen) atoms. The highest BCUT2D eigenvalue weighted by Crippen LogP contribution is 2.47. The first kappa shape index (κ1) is 36.4. The number of sulfonamides is 1. The third kappa shape index (κ3) is 7.31. The maximum absolute atomic E-state index is 14.5. The Kier molecular flexibility index (Phi) is 9.89. The number of aryl methyl sites for hydroxylation is 1. The smallest absolute Gasteiger partial charge is 0.410 e. The number of benzene rings is 1. The Hall–Kier alpha value is -3.43. The Morgan fingerprint density at radius 3 is 2.50 bits per heavy atom. The summed E-state index contributed by atoms with van der Waals surface area (Å²) in [6.45, 7) is 10.1. The van der Waals surface area contributed by atoms with Gasteiger partial charge in [-0.15, -0.1) is 11.3 Å². The van der Waals surface area contributed by atoms with Gasteiger partial charge in [0.2, 0.25) is 21.8 Å². The molecule has 1 aromatic heterocycles. The molecule has 4 aliphatic rings. The van der Waals surface area contributed by atoms with Crippen LogP contribution in [0.25, 0.3) is 0 Å². The predicted octanol–water partition coefficient (Wildman–Crippen LogP) is 4.20. The molecule has 3 heterocycles. The highest BCUT2D eigenvalue weighted by Gasteiger charge is 2.62. The summed E-state index contributed by atoms with van der Waals surface area (Å²) in [7, 11) is -3.85. The minimum atomic E-state index is -3.85.